The van der Waals surface area contributed by atoms with Crippen molar-refractivity contribution in [3.05, 3.63) is 22.5 Å². The van der Waals surface area contributed by atoms with E-state index in [1.54, 1.807) is 19.2 Å². The number of nitrogen functional groups attached to an aromatic ring is 1. The summed E-state index contributed by atoms with van der Waals surface area (Å²) in [5.74, 6) is -0.999. The van der Waals surface area contributed by atoms with Gasteiger partial charge in [-0.3, -0.25) is 4.79 Å². The Labute approximate surface area is 144 Å². The minimum absolute atomic E-state index is 0.260. The highest BCUT2D eigenvalue weighted by Gasteiger charge is 2.39. The standard InChI is InChI=1S/C8H9N3O2.C7H11F3.C2H6/c1-10-6-3-7-4(2-5(6)9)8(12)11-13-7;8-7(9,10)6-4-2-1-3-5-6;1-2/h2-3,10H,9H2,1H3,(H,11,12);6H,1-5H2;1-2H3. The normalized spacial score (nSPS) is 15.0. The predicted octanol–water partition coefficient (Wildman–Crippen LogP) is 4.90. The first-order chi connectivity index (χ1) is 11.8. The molecule has 1 aromatic carbocycles. The molecule has 1 aliphatic carbocycles. The minimum atomic E-state index is -3.93. The summed E-state index contributed by atoms with van der Waals surface area (Å²) in [6, 6.07) is 3.27. The van der Waals surface area contributed by atoms with Crippen molar-refractivity contribution in [3.8, 4) is 0 Å². The molecule has 1 fully saturated rings. The van der Waals surface area contributed by atoms with Gasteiger partial charge in [-0.15, -0.1) is 0 Å². The Morgan fingerprint density at radius 3 is 2.28 bits per heavy atom. The first kappa shape index (κ1) is 20.9. The third-order valence-electron chi connectivity index (χ3n) is 3.99. The number of aromatic nitrogens is 1. The van der Waals surface area contributed by atoms with E-state index in [2.05, 4.69) is 10.5 Å². The molecule has 0 radical (unpaired) electrons. The predicted molar refractivity (Wildman–Crippen MR) is 94.8 cm³/mol. The van der Waals surface area contributed by atoms with Gasteiger partial charge in [0.05, 0.1) is 22.7 Å². The summed E-state index contributed by atoms with van der Waals surface area (Å²) < 4.78 is 40.7. The molecule has 1 aliphatic rings. The maximum atomic E-state index is 11.9. The van der Waals surface area contributed by atoms with Gasteiger partial charge in [0.1, 0.15) is 0 Å². The number of fused-ring (bicyclic) bond motifs is 1. The molecule has 4 N–H and O–H groups in total. The minimum Gasteiger partial charge on any atom is -0.397 e. The van der Waals surface area contributed by atoms with Crippen LogP contribution >= 0.6 is 0 Å². The maximum Gasteiger partial charge on any atom is 0.391 e. The molecule has 0 amide bonds. The van der Waals surface area contributed by atoms with Crippen LogP contribution in [-0.2, 0) is 0 Å². The lowest BCUT2D eigenvalue weighted by atomic mass is 9.89. The van der Waals surface area contributed by atoms with Gasteiger partial charge in [-0.1, -0.05) is 33.1 Å². The van der Waals surface area contributed by atoms with Gasteiger partial charge in [-0.2, -0.15) is 18.3 Å². The molecule has 1 aromatic heterocycles. The van der Waals surface area contributed by atoms with Gasteiger partial charge in [0.2, 0.25) is 0 Å². The van der Waals surface area contributed by atoms with Gasteiger partial charge >= 0.3 is 6.18 Å². The molecular formula is C17H26F3N3O2. The van der Waals surface area contributed by atoms with E-state index in [0.29, 0.717) is 29.5 Å². The summed E-state index contributed by atoms with van der Waals surface area (Å²) in [6.07, 6.45) is -0.742. The number of aromatic amines is 1. The van der Waals surface area contributed by atoms with Gasteiger partial charge in [0.25, 0.3) is 5.56 Å². The highest BCUT2D eigenvalue weighted by Crippen LogP contribution is 2.37. The van der Waals surface area contributed by atoms with Crippen molar-refractivity contribution in [1.29, 1.82) is 0 Å². The first-order valence-electron chi connectivity index (χ1n) is 8.48. The molecule has 2 aromatic rings. The molecule has 5 nitrogen and oxygen atoms in total. The van der Waals surface area contributed by atoms with E-state index in [0.717, 1.165) is 24.9 Å². The second-order valence-corrected chi connectivity index (χ2v) is 5.60. The van der Waals surface area contributed by atoms with E-state index < -0.39 is 12.1 Å². The van der Waals surface area contributed by atoms with Gasteiger partial charge in [0, 0.05) is 13.1 Å². The second kappa shape index (κ2) is 9.39. The summed E-state index contributed by atoms with van der Waals surface area (Å²) in [4.78, 5) is 11.1. The van der Waals surface area contributed by atoms with Crippen molar-refractivity contribution >= 4 is 22.3 Å². The smallest absolute Gasteiger partial charge is 0.391 e. The number of H-pyrrole nitrogens is 1. The average molecular weight is 361 g/mol. The van der Waals surface area contributed by atoms with Gasteiger partial charge in [0.15, 0.2) is 5.58 Å². The topological polar surface area (TPSA) is 84.0 Å². The van der Waals surface area contributed by atoms with Crippen LogP contribution in [0, 0.1) is 5.92 Å². The molecule has 0 bridgehead atoms. The van der Waals surface area contributed by atoms with Crippen molar-refractivity contribution in [2.45, 2.75) is 52.1 Å². The Morgan fingerprint density at radius 1 is 1.20 bits per heavy atom. The highest BCUT2D eigenvalue weighted by atomic mass is 19.4. The summed E-state index contributed by atoms with van der Waals surface area (Å²) >= 11 is 0. The number of hydrogen-bond acceptors (Lipinski definition) is 4. The van der Waals surface area contributed by atoms with Crippen LogP contribution in [0.25, 0.3) is 11.0 Å². The number of hydrogen-bond donors (Lipinski definition) is 3. The van der Waals surface area contributed by atoms with Crippen LogP contribution in [0.1, 0.15) is 46.0 Å². The summed E-state index contributed by atoms with van der Waals surface area (Å²) in [7, 11) is 1.75. The molecule has 0 unspecified atom stereocenters. The van der Waals surface area contributed by atoms with E-state index >= 15 is 0 Å². The quantitative estimate of drug-likeness (QED) is 0.631. The lowest BCUT2D eigenvalue weighted by Crippen LogP contribution is -2.24. The fourth-order valence-corrected chi connectivity index (χ4v) is 2.66. The summed E-state index contributed by atoms with van der Waals surface area (Å²) in [5.41, 5.74) is 7.19. The van der Waals surface area contributed by atoms with Crippen LogP contribution in [0.5, 0.6) is 0 Å². The number of alkyl halides is 3. The number of rotatable bonds is 1. The Kier molecular flexibility index (Phi) is 7.86. The van der Waals surface area contributed by atoms with Crippen molar-refractivity contribution in [1.82, 2.24) is 5.16 Å². The zero-order valence-electron chi connectivity index (χ0n) is 14.8. The molecule has 25 heavy (non-hydrogen) atoms. The van der Waals surface area contributed by atoms with E-state index in [9.17, 15) is 18.0 Å². The second-order valence-electron chi connectivity index (χ2n) is 5.60. The van der Waals surface area contributed by atoms with E-state index in [1.165, 1.54) is 0 Å². The molecular weight excluding hydrogens is 335 g/mol. The SMILES string of the molecule is CC.CNc1cc2o[nH]c(=O)c2cc1N.FC(F)(F)C1CCCCC1. The molecule has 1 heterocycles. The Hall–Kier alpha value is -2.12. The fourth-order valence-electron chi connectivity index (χ4n) is 2.66. The maximum absolute atomic E-state index is 11.9. The van der Waals surface area contributed by atoms with E-state index in [1.807, 2.05) is 13.8 Å². The van der Waals surface area contributed by atoms with Crippen LogP contribution in [-0.4, -0.2) is 18.4 Å². The van der Waals surface area contributed by atoms with Crippen LogP contribution in [0.3, 0.4) is 0 Å². The fraction of sp³-hybridized carbons (Fsp3) is 0.588. The summed E-state index contributed by atoms with van der Waals surface area (Å²) in [6.45, 7) is 4.00. The van der Waals surface area contributed by atoms with Crippen LogP contribution in [0.4, 0.5) is 24.5 Å². The van der Waals surface area contributed by atoms with Crippen molar-refractivity contribution < 1.29 is 17.7 Å². The zero-order valence-corrected chi connectivity index (χ0v) is 14.8. The molecule has 3 rings (SSSR count). The molecule has 8 heteroatoms. The van der Waals surface area contributed by atoms with E-state index in [4.69, 9.17) is 10.3 Å². The number of nitrogens with one attached hydrogen (secondary N) is 2. The lowest BCUT2D eigenvalue weighted by Gasteiger charge is -2.23. The van der Waals surface area contributed by atoms with Crippen LogP contribution in [0.15, 0.2) is 21.5 Å². The van der Waals surface area contributed by atoms with E-state index in [-0.39, 0.29) is 5.56 Å². The van der Waals surface area contributed by atoms with Gasteiger partial charge < -0.3 is 15.6 Å². The molecule has 1 saturated carbocycles. The lowest BCUT2D eigenvalue weighted by molar-refractivity contribution is -0.181. The van der Waals surface area contributed by atoms with Crippen LogP contribution in [0.2, 0.25) is 0 Å². The average Bonchev–Trinajstić information content (AvgIpc) is 2.97. The zero-order chi connectivity index (χ0) is 19.0. The molecule has 142 valence electrons. The largest absolute Gasteiger partial charge is 0.397 e. The van der Waals surface area contributed by atoms with Gasteiger partial charge in [-0.05, 0) is 18.9 Å². The van der Waals surface area contributed by atoms with Gasteiger partial charge in [-0.25, -0.2) is 0 Å². The Balaban J connectivity index is 0.000000235. The number of nitrogens with two attached hydrogens (primary N) is 1. The number of halogens is 3. The highest BCUT2D eigenvalue weighted by molar-refractivity contribution is 5.87. The van der Waals surface area contributed by atoms with Crippen LogP contribution < -0.4 is 16.6 Å². The third kappa shape index (κ3) is 5.72. The van der Waals surface area contributed by atoms with Crippen molar-refractivity contribution in [3.63, 3.8) is 0 Å². The monoisotopic (exact) mass is 361 g/mol. The van der Waals surface area contributed by atoms with Crippen molar-refractivity contribution in [2.24, 2.45) is 5.92 Å². The summed E-state index contributed by atoms with van der Waals surface area (Å²) in [5, 5.41) is 5.61. The Morgan fingerprint density at radius 2 is 1.80 bits per heavy atom. The molecule has 0 aliphatic heterocycles. The third-order valence-corrected chi connectivity index (χ3v) is 3.99. The molecule has 0 spiro atoms. The number of benzene rings is 1. The molecule has 0 saturated heterocycles. The Bertz CT molecular complexity index is 701. The molecule has 0 atom stereocenters. The van der Waals surface area contributed by atoms with Crippen molar-refractivity contribution in [2.75, 3.05) is 18.1 Å². The first-order valence-corrected chi connectivity index (χ1v) is 8.48. The number of anilines is 2.